The monoisotopic (exact) mass is 173 g/mol. The van der Waals surface area contributed by atoms with Gasteiger partial charge in [-0.25, -0.2) is 0 Å². The summed E-state index contributed by atoms with van der Waals surface area (Å²) in [5.41, 5.74) is 0. The van der Waals surface area contributed by atoms with Crippen molar-refractivity contribution >= 4 is 5.97 Å². The topological polar surface area (TPSA) is 40.5 Å². The van der Waals surface area contributed by atoms with Gasteiger partial charge in [-0.15, -0.1) is 0 Å². The zero-order valence-electron chi connectivity index (χ0n) is 8.37. The lowest BCUT2D eigenvalue weighted by molar-refractivity contribution is -0.143. The van der Waals surface area contributed by atoms with Crippen LogP contribution in [-0.4, -0.2) is 35.1 Å². The van der Waals surface area contributed by atoms with Crippen LogP contribution in [0.2, 0.25) is 0 Å². The smallest absolute Gasteiger partial charge is 0.320 e. The van der Waals surface area contributed by atoms with Crippen molar-refractivity contribution in [3.63, 3.8) is 0 Å². The predicted molar refractivity (Wildman–Crippen MR) is 49.2 cm³/mol. The van der Waals surface area contributed by atoms with E-state index in [0.717, 1.165) is 6.42 Å². The number of carbonyl (C=O) groups is 1. The number of nitrogens with zero attached hydrogens (tertiary/aromatic N) is 1. The molecular weight excluding hydrogens is 154 g/mol. The Morgan fingerprint density at radius 1 is 1.42 bits per heavy atom. The number of hydrogen-bond donors (Lipinski definition) is 1. The normalized spacial score (nSPS) is 16.1. The first-order valence-corrected chi connectivity index (χ1v) is 4.49. The lowest BCUT2D eigenvalue weighted by atomic mass is 10.1. The molecule has 0 aromatic rings. The molecule has 0 aromatic heterocycles. The van der Waals surface area contributed by atoms with Gasteiger partial charge in [0.25, 0.3) is 0 Å². The molecule has 0 aliphatic heterocycles. The summed E-state index contributed by atoms with van der Waals surface area (Å²) in [6, 6.07) is 0.00556. The Bertz CT molecular complexity index is 147. The van der Waals surface area contributed by atoms with Crippen LogP contribution in [0.25, 0.3) is 0 Å². The summed E-state index contributed by atoms with van der Waals surface area (Å²) in [6.45, 7) is 6.01. The largest absolute Gasteiger partial charge is 0.480 e. The van der Waals surface area contributed by atoms with Crippen LogP contribution in [0.1, 0.15) is 33.6 Å². The van der Waals surface area contributed by atoms with Gasteiger partial charge in [0.05, 0.1) is 0 Å². The second-order valence-electron chi connectivity index (χ2n) is 3.19. The van der Waals surface area contributed by atoms with Crippen molar-refractivity contribution in [2.75, 3.05) is 7.05 Å². The van der Waals surface area contributed by atoms with Crippen LogP contribution in [0.15, 0.2) is 0 Å². The quantitative estimate of drug-likeness (QED) is 0.686. The van der Waals surface area contributed by atoms with Gasteiger partial charge >= 0.3 is 5.97 Å². The third-order valence-corrected chi connectivity index (χ3v) is 2.45. The van der Waals surface area contributed by atoms with Crippen molar-refractivity contribution in [1.29, 1.82) is 0 Å². The highest BCUT2D eigenvalue weighted by atomic mass is 16.4. The molecule has 0 saturated heterocycles. The van der Waals surface area contributed by atoms with Gasteiger partial charge in [0, 0.05) is 6.04 Å². The second kappa shape index (κ2) is 5.14. The van der Waals surface area contributed by atoms with Gasteiger partial charge in [-0.05, 0) is 26.8 Å². The molecule has 0 bridgehead atoms. The minimum Gasteiger partial charge on any atom is -0.480 e. The average molecular weight is 173 g/mol. The summed E-state index contributed by atoms with van der Waals surface area (Å²) in [6.07, 6.45) is 1.65. The standard InChI is InChI=1S/C9H19NO2/c1-5-7(3)10(4)8(6-2)9(11)12/h7-8H,5-6H2,1-4H3,(H,11,12). The molecule has 0 rings (SSSR count). The molecule has 0 aromatic carbocycles. The number of hydrogen-bond acceptors (Lipinski definition) is 2. The summed E-state index contributed by atoms with van der Waals surface area (Å²) in [7, 11) is 1.87. The fourth-order valence-electron chi connectivity index (χ4n) is 1.23. The first-order valence-electron chi connectivity index (χ1n) is 4.49. The number of carboxylic acid groups (broad SMARTS) is 1. The van der Waals surface area contributed by atoms with E-state index < -0.39 is 5.97 Å². The maximum Gasteiger partial charge on any atom is 0.320 e. The lowest BCUT2D eigenvalue weighted by Gasteiger charge is -2.28. The van der Waals surface area contributed by atoms with Crippen LogP contribution in [-0.2, 0) is 4.79 Å². The van der Waals surface area contributed by atoms with Gasteiger partial charge in [0.1, 0.15) is 6.04 Å². The highest BCUT2D eigenvalue weighted by Crippen LogP contribution is 2.08. The van der Waals surface area contributed by atoms with Gasteiger partial charge in [-0.3, -0.25) is 9.69 Å². The fraction of sp³-hybridized carbons (Fsp3) is 0.889. The molecule has 0 radical (unpaired) electrons. The molecule has 12 heavy (non-hydrogen) atoms. The van der Waals surface area contributed by atoms with Crippen LogP contribution >= 0.6 is 0 Å². The minimum atomic E-state index is -0.722. The third kappa shape index (κ3) is 2.81. The average Bonchev–Trinajstić information content (AvgIpc) is 2.03. The van der Waals surface area contributed by atoms with Crippen molar-refractivity contribution in [2.45, 2.75) is 45.7 Å². The van der Waals surface area contributed by atoms with Crippen LogP contribution in [0.3, 0.4) is 0 Å². The molecule has 0 saturated carbocycles. The Morgan fingerprint density at radius 2 is 1.92 bits per heavy atom. The molecule has 72 valence electrons. The Kier molecular flexibility index (Phi) is 4.90. The first kappa shape index (κ1) is 11.4. The summed E-state index contributed by atoms with van der Waals surface area (Å²) >= 11 is 0. The van der Waals surface area contributed by atoms with Crippen molar-refractivity contribution in [1.82, 2.24) is 4.90 Å². The molecule has 0 spiro atoms. The molecule has 3 heteroatoms. The zero-order chi connectivity index (χ0) is 9.72. The summed E-state index contributed by atoms with van der Waals surface area (Å²) in [5, 5.41) is 8.85. The molecule has 0 aliphatic rings. The molecule has 0 aliphatic carbocycles. The van der Waals surface area contributed by atoms with E-state index in [1.807, 2.05) is 25.8 Å². The van der Waals surface area contributed by atoms with Gasteiger partial charge in [0.2, 0.25) is 0 Å². The third-order valence-electron chi connectivity index (χ3n) is 2.45. The van der Waals surface area contributed by atoms with Crippen LogP contribution in [0, 0.1) is 0 Å². The Morgan fingerprint density at radius 3 is 2.17 bits per heavy atom. The highest BCUT2D eigenvalue weighted by Gasteiger charge is 2.22. The minimum absolute atomic E-state index is 0.333. The van der Waals surface area contributed by atoms with Gasteiger partial charge < -0.3 is 5.11 Å². The van der Waals surface area contributed by atoms with E-state index in [9.17, 15) is 4.79 Å². The van der Waals surface area contributed by atoms with E-state index in [4.69, 9.17) is 5.11 Å². The van der Waals surface area contributed by atoms with E-state index in [1.54, 1.807) is 0 Å². The molecule has 0 fully saturated rings. The van der Waals surface area contributed by atoms with E-state index in [-0.39, 0.29) is 6.04 Å². The summed E-state index contributed by atoms with van der Waals surface area (Å²) in [4.78, 5) is 12.7. The Labute approximate surface area is 74.4 Å². The first-order chi connectivity index (χ1) is 5.54. The van der Waals surface area contributed by atoms with Crippen molar-refractivity contribution in [3.8, 4) is 0 Å². The number of aliphatic carboxylic acids is 1. The van der Waals surface area contributed by atoms with Crippen LogP contribution < -0.4 is 0 Å². The molecular formula is C9H19NO2. The molecule has 2 atom stereocenters. The fourth-order valence-corrected chi connectivity index (χ4v) is 1.23. The second-order valence-corrected chi connectivity index (χ2v) is 3.19. The van der Waals surface area contributed by atoms with Crippen molar-refractivity contribution < 1.29 is 9.90 Å². The van der Waals surface area contributed by atoms with Gasteiger partial charge in [0.15, 0.2) is 0 Å². The molecule has 0 heterocycles. The van der Waals surface area contributed by atoms with Crippen molar-refractivity contribution in [2.24, 2.45) is 0 Å². The van der Waals surface area contributed by atoms with Gasteiger partial charge in [-0.2, -0.15) is 0 Å². The van der Waals surface area contributed by atoms with Crippen LogP contribution in [0.5, 0.6) is 0 Å². The molecule has 0 amide bonds. The van der Waals surface area contributed by atoms with Crippen molar-refractivity contribution in [3.05, 3.63) is 0 Å². The maximum atomic E-state index is 10.8. The lowest BCUT2D eigenvalue weighted by Crippen LogP contribution is -2.42. The maximum absolute atomic E-state index is 10.8. The molecule has 1 N–H and O–H groups in total. The number of carboxylic acids is 1. The van der Waals surface area contributed by atoms with Crippen LogP contribution in [0.4, 0.5) is 0 Å². The number of rotatable bonds is 5. The van der Waals surface area contributed by atoms with E-state index in [1.165, 1.54) is 0 Å². The Hall–Kier alpha value is -0.570. The summed E-state index contributed by atoms with van der Waals surface area (Å²) < 4.78 is 0. The van der Waals surface area contributed by atoms with E-state index in [2.05, 4.69) is 6.92 Å². The van der Waals surface area contributed by atoms with Gasteiger partial charge in [-0.1, -0.05) is 13.8 Å². The zero-order valence-corrected chi connectivity index (χ0v) is 8.37. The molecule has 3 nitrogen and oxygen atoms in total. The Balaban J connectivity index is 4.20. The SMILES string of the molecule is CCC(C)N(C)C(CC)C(=O)O. The van der Waals surface area contributed by atoms with E-state index >= 15 is 0 Å². The van der Waals surface area contributed by atoms with E-state index in [0.29, 0.717) is 12.5 Å². The highest BCUT2D eigenvalue weighted by molar-refractivity contribution is 5.73. The molecule has 2 unspecified atom stereocenters. The number of likely N-dealkylation sites (N-methyl/N-ethyl adjacent to an activating group) is 1. The predicted octanol–water partition coefficient (Wildman–Crippen LogP) is 1.58. The summed E-state index contributed by atoms with van der Waals surface area (Å²) in [5.74, 6) is -0.722.